The molecule has 0 bridgehead atoms. The molecule has 13 heteroatoms. The summed E-state index contributed by atoms with van der Waals surface area (Å²) in [4.78, 5) is 68.7. The molecule has 1 aromatic carbocycles. The first-order valence-corrected chi connectivity index (χ1v) is 19.8. The van der Waals surface area contributed by atoms with Gasteiger partial charge in [-0.25, -0.2) is 4.79 Å². The molecule has 2 saturated carbocycles. The van der Waals surface area contributed by atoms with Gasteiger partial charge in [-0.2, -0.15) is 0 Å². The first kappa shape index (κ1) is 43.6. The Kier molecular flexibility index (Phi) is 16.1. The van der Waals surface area contributed by atoms with Crippen molar-refractivity contribution < 1.29 is 23.9 Å². The van der Waals surface area contributed by atoms with Gasteiger partial charge in [0.2, 0.25) is 11.8 Å². The molecular weight excluding hydrogens is 714 g/mol. The van der Waals surface area contributed by atoms with Gasteiger partial charge in [-0.05, 0) is 114 Å². The minimum atomic E-state index is -1.11. The van der Waals surface area contributed by atoms with E-state index in [0.717, 1.165) is 50.5 Å². The summed E-state index contributed by atoms with van der Waals surface area (Å²) in [5.74, 6) is -0.918. The van der Waals surface area contributed by atoms with Crippen molar-refractivity contribution in [3.63, 3.8) is 0 Å². The van der Waals surface area contributed by atoms with Gasteiger partial charge >= 0.3 is 6.09 Å². The van der Waals surface area contributed by atoms with Crippen LogP contribution in [0.4, 0.5) is 4.79 Å². The summed E-state index contributed by atoms with van der Waals surface area (Å²) in [6, 6.07) is 5.10. The lowest BCUT2D eigenvalue weighted by atomic mass is 9.85. The van der Waals surface area contributed by atoms with Gasteiger partial charge in [-0.3, -0.25) is 23.9 Å². The number of hydrogen-bond acceptors (Lipinski definition) is 7. The number of nitrogens with zero attached hydrogens (tertiary/aromatic N) is 1. The number of nitrogens with one attached hydrogen (secondary N) is 4. The molecule has 53 heavy (non-hydrogen) atoms. The van der Waals surface area contributed by atoms with Crippen molar-refractivity contribution in [1.82, 2.24) is 25.2 Å². The summed E-state index contributed by atoms with van der Waals surface area (Å²) in [6.07, 6.45) is 12.7. The number of allylic oxidation sites excluding steroid dienone is 2. The highest BCUT2D eigenvalue weighted by atomic mass is 35.5. The number of amides is 4. The summed E-state index contributed by atoms with van der Waals surface area (Å²) >= 11 is 7.16. The standard InChI is InChI=1S/C28H46N4O5S.C9H6ClNO.C3H6/c1-7-15-28(16-17-28)38-31-24(35)27(6,8-2)30-22(33)20-14-11-18-32(20)23(34)21(26(3,4)5)29-25(36)37-19-12-9-10-13-19;10-6-1-2-7-8(5-6)11-4-3-9(7)12;1-3-2/h7,19-21H,1,8-18H2,2-6H3,(H,29,36)(H,30,33)(H,31,35);1-5H,(H,11,12);3H,1H2,2H3/t20?,21-,27+;;/m1../s1. The number of hydrogen-bond donors (Lipinski definition) is 4. The maximum Gasteiger partial charge on any atom is 0.408 e. The third kappa shape index (κ3) is 12.4. The van der Waals surface area contributed by atoms with Crippen molar-refractivity contribution in [1.29, 1.82) is 0 Å². The number of benzene rings is 1. The Labute approximate surface area is 323 Å². The van der Waals surface area contributed by atoms with E-state index < -0.39 is 29.1 Å². The summed E-state index contributed by atoms with van der Waals surface area (Å²) < 4.78 is 8.51. The van der Waals surface area contributed by atoms with Crippen molar-refractivity contribution in [3.05, 3.63) is 71.0 Å². The molecule has 2 heterocycles. The molecular formula is C40H58ClN5O6S. The number of H-pyrrole nitrogens is 1. The summed E-state index contributed by atoms with van der Waals surface area (Å²) in [7, 11) is 0. The predicted octanol–water partition coefficient (Wildman–Crippen LogP) is 7.59. The van der Waals surface area contributed by atoms with Crippen LogP contribution in [0.2, 0.25) is 5.02 Å². The number of pyridine rings is 1. The molecule has 4 amide bonds. The molecule has 3 fully saturated rings. The minimum Gasteiger partial charge on any atom is -0.446 e. The Morgan fingerprint density at radius 3 is 2.34 bits per heavy atom. The zero-order valence-electron chi connectivity index (χ0n) is 32.1. The van der Waals surface area contributed by atoms with Gasteiger partial charge in [-0.1, -0.05) is 51.4 Å². The van der Waals surface area contributed by atoms with E-state index in [0.29, 0.717) is 36.2 Å². The van der Waals surface area contributed by atoms with Crippen molar-refractivity contribution in [2.75, 3.05) is 6.54 Å². The van der Waals surface area contributed by atoms with E-state index in [2.05, 4.69) is 33.5 Å². The largest absolute Gasteiger partial charge is 0.446 e. The molecule has 11 nitrogen and oxygen atoms in total. The summed E-state index contributed by atoms with van der Waals surface area (Å²) in [5, 5.41) is 7.02. The highest BCUT2D eigenvalue weighted by Crippen LogP contribution is 2.50. The van der Waals surface area contributed by atoms with Gasteiger partial charge < -0.3 is 25.3 Å². The van der Waals surface area contributed by atoms with E-state index >= 15 is 0 Å². The van der Waals surface area contributed by atoms with Crippen LogP contribution in [-0.4, -0.2) is 68.7 Å². The quantitative estimate of drug-likeness (QED) is 0.136. The smallest absolute Gasteiger partial charge is 0.408 e. The van der Waals surface area contributed by atoms with E-state index in [9.17, 15) is 24.0 Å². The maximum atomic E-state index is 13.7. The molecule has 5 rings (SSSR count). The Balaban J connectivity index is 0.000000416. The number of alkyl carbamates (subject to hydrolysis) is 1. The molecule has 3 atom stereocenters. The second kappa shape index (κ2) is 19.5. The third-order valence-corrected chi connectivity index (χ3v) is 11.3. The number of rotatable bonds is 11. The average molecular weight is 772 g/mol. The lowest BCUT2D eigenvalue weighted by Gasteiger charge is -2.36. The van der Waals surface area contributed by atoms with Crippen LogP contribution in [0, 0.1) is 5.41 Å². The molecule has 2 aromatic rings. The Bertz CT molecular complexity index is 1660. The maximum absolute atomic E-state index is 13.7. The first-order valence-electron chi connectivity index (χ1n) is 18.6. The second-order valence-electron chi connectivity index (χ2n) is 15.3. The van der Waals surface area contributed by atoms with Gasteiger partial charge in [0.15, 0.2) is 5.43 Å². The number of halogens is 1. The highest BCUT2D eigenvalue weighted by molar-refractivity contribution is 7.99. The zero-order chi connectivity index (χ0) is 39.4. The van der Waals surface area contributed by atoms with E-state index in [4.69, 9.17) is 16.3 Å². The van der Waals surface area contributed by atoms with Gasteiger partial charge in [-0.15, -0.1) is 13.2 Å². The number of aromatic amines is 1. The number of aromatic nitrogens is 1. The molecule has 292 valence electrons. The molecule has 3 aliphatic rings. The fourth-order valence-electron chi connectivity index (χ4n) is 6.25. The second-order valence-corrected chi connectivity index (χ2v) is 17.0. The number of likely N-dealkylation sites (tertiary alicyclic amines) is 1. The van der Waals surface area contributed by atoms with Crippen LogP contribution >= 0.6 is 23.5 Å². The Hall–Kier alpha value is -3.77. The van der Waals surface area contributed by atoms with E-state index in [1.807, 2.05) is 40.7 Å². The molecule has 1 aromatic heterocycles. The van der Waals surface area contributed by atoms with Crippen LogP contribution in [-0.2, 0) is 19.1 Å². The molecule has 4 N–H and O–H groups in total. The fourth-order valence-corrected chi connectivity index (χ4v) is 7.47. The molecule has 1 saturated heterocycles. The van der Waals surface area contributed by atoms with Crippen molar-refractivity contribution in [3.8, 4) is 0 Å². The third-order valence-electron chi connectivity index (χ3n) is 9.80. The van der Waals surface area contributed by atoms with Crippen LogP contribution in [0.3, 0.4) is 0 Å². The van der Waals surface area contributed by atoms with Crippen molar-refractivity contribution >= 4 is 58.3 Å². The molecule has 1 unspecified atom stereocenters. The summed E-state index contributed by atoms with van der Waals surface area (Å²) in [5.41, 5.74) is -0.914. The Morgan fingerprint density at radius 1 is 1.09 bits per heavy atom. The normalized spacial score (nSPS) is 19.2. The van der Waals surface area contributed by atoms with Gasteiger partial charge in [0, 0.05) is 34.0 Å². The lowest BCUT2D eigenvalue weighted by molar-refractivity contribution is -0.143. The lowest BCUT2D eigenvalue weighted by Crippen LogP contribution is -2.61. The number of ether oxygens (including phenoxy) is 1. The van der Waals surface area contributed by atoms with Crippen LogP contribution in [0.5, 0.6) is 0 Å². The van der Waals surface area contributed by atoms with Crippen LogP contribution < -0.4 is 20.8 Å². The molecule has 1 aliphatic heterocycles. The number of carbonyl (C=O) groups is 4. The zero-order valence-corrected chi connectivity index (χ0v) is 33.7. The molecule has 0 spiro atoms. The monoisotopic (exact) mass is 771 g/mol. The van der Waals surface area contributed by atoms with Gasteiger partial charge in [0.25, 0.3) is 5.91 Å². The molecule has 2 aliphatic carbocycles. The first-order chi connectivity index (χ1) is 25.0. The SMILES string of the molecule is C=CC.C=CCC1(SNC(=O)[C@](C)(CC)NC(=O)C2CCCN2C(=O)[C@@H](NC(=O)OC2CCCC2)C(C)(C)C)CC1.O=c1cc[nH]c2cc(Cl)ccc12. The average Bonchev–Trinajstić information content (AvgIpc) is 3.43. The van der Waals surface area contributed by atoms with E-state index in [-0.39, 0.29) is 34.0 Å². The van der Waals surface area contributed by atoms with Crippen molar-refractivity contribution in [2.45, 2.75) is 134 Å². The van der Waals surface area contributed by atoms with Crippen molar-refractivity contribution in [2.24, 2.45) is 5.41 Å². The fraction of sp³-hybridized carbons (Fsp3) is 0.575. The topological polar surface area (TPSA) is 150 Å². The van der Waals surface area contributed by atoms with Gasteiger partial charge in [0.1, 0.15) is 23.7 Å². The van der Waals surface area contributed by atoms with Crippen LogP contribution in [0.25, 0.3) is 10.9 Å². The minimum absolute atomic E-state index is 0.0125. The molecule has 0 radical (unpaired) electrons. The number of carbonyl (C=O) groups excluding carboxylic acids is 4. The van der Waals surface area contributed by atoms with Crippen LogP contribution in [0.1, 0.15) is 106 Å². The highest BCUT2D eigenvalue weighted by Gasteiger charge is 2.46. The predicted molar refractivity (Wildman–Crippen MR) is 215 cm³/mol. The summed E-state index contributed by atoms with van der Waals surface area (Å²) in [6.45, 7) is 18.7. The van der Waals surface area contributed by atoms with Crippen LogP contribution in [0.15, 0.2) is 60.6 Å². The van der Waals surface area contributed by atoms with Gasteiger partial charge in [0.05, 0.1) is 5.52 Å². The van der Waals surface area contributed by atoms with E-state index in [1.54, 1.807) is 42.3 Å². The Morgan fingerprint density at radius 2 is 1.75 bits per heavy atom. The number of fused-ring (bicyclic) bond motifs is 1. The van der Waals surface area contributed by atoms with E-state index in [1.165, 1.54) is 18.0 Å².